The Balaban J connectivity index is 2.19. The van der Waals surface area contributed by atoms with Crippen LogP contribution in [0.2, 0.25) is 0 Å². The van der Waals surface area contributed by atoms with Crippen LogP contribution in [-0.2, 0) is 38.4 Å². The van der Waals surface area contributed by atoms with Crippen molar-refractivity contribution >= 4 is 53.2 Å². The highest BCUT2D eigenvalue weighted by Gasteiger charge is 2.40. The van der Waals surface area contributed by atoms with Gasteiger partial charge < -0.3 is 60.2 Å². The lowest BCUT2D eigenvalue weighted by Crippen LogP contribution is -2.61. The highest BCUT2D eigenvalue weighted by Crippen LogP contribution is 2.27. The van der Waals surface area contributed by atoms with E-state index in [4.69, 9.17) is 28.7 Å². The molecule has 2 rings (SSSR count). The molecule has 8 amide bonds. The van der Waals surface area contributed by atoms with Crippen LogP contribution >= 0.6 is 0 Å². The van der Waals surface area contributed by atoms with E-state index in [9.17, 15) is 38.4 Å². The molecule has 2 fully saturated rings. The molecule has 0 unspecified atom stereocenters. The second kappa shape index (κ2) is 25.5. The number of amides is 8. The Bertz CT molecular complexity index is 1480. The predicted molar refractivity (Wildman–Crippen MR) is 221 cm³/mol. The second-order valence-corrected chi connectivity index (χ2v) is 16.3. The van der Waals surface area contributed by atoms with Crippen molar-refractivity contribution in [3.8, 4) is 0 Å². The Kier molecular flexibility index (Phi) is 21.6. The fourth-order valence-electron chi connectivity index (χ4n) is 7.46. The molecule has 0 aromatic rings. The molecule has 1 aliphatic heterocycles. The van der Waals surface area contributed by atoms with Gasteiger partial charge >= 0.3 is 0 Å². The van der Waals surface area contributed by atoms with Crippen molar-refractivity contribution in [2.75, 3.05) is 19.6 Å². The van der Waals surface area contributed by atoms with Crippen molar-refractivity contribution in [3.05, 3.63) is 0 Å². The summed E-state index contributed by atoms with van der Waals surface area (Å²) in [4.78, 5) is 110. The lowest BCUT2D eigenvalue weighted by molar-refractivity contribution is -0.142. The standard InChI is InChI=1S/C39H70N12O8/c1-5-23(4)32(50-35(56)27(19-22(2)3)46-31(53)16-15-24-11-7-6-8-12-24)37(58)49-28(21-40)38(59)51-18-10-14-29(51)36(57)47-25(13-9-17-45-39(43)44)34(55)48-26(33(42)54)20-30(41)52/h22-29,32H,5-21,40H2,1-4H3,(H2,41,52)(H2,42,54)(H,46,53)(H,47,57)(H,48,55)(H,49,58)(H,50,56)(H4,43,44,45)/t23-,25-,26-,27-,28-,29-,32-/m0/s1. The van der Waals surface area contributed by atoms with Crippen molar-refractivity contribution in [2.45, 2.75) is 154 Å². The number of guanidine groups is 1. The molecule has 7 atom stereocenters. The molecular formula is C39H70N12O8. The number of likely N-dealkylation sites (tertiary alicyclic amines) is 1. The Morgan fingerprint density at radius 3 is 1.97 bits per heavy atom. The molecule has 0 aromatic heterocycles. The van der Waals surface area contributed by atoms with Crippen molar-refractivity contribution < 1.29 is 38.4 Å². The minimum absolute atomic E-state index is 0.00342. The molecule has 15 N–H and O–H groups in total. The molecule has 20 heteroatoms. The van der Waals surface area contributed by atoms with Crippen LogP contribution in [0.25, 0.3) is 0 Å². The minimum Gasteiger partial charge on any atom is -0.370 e. The van der Waals surface area contributed by atoms with Crippen LogP contribution in [0.4, 0.5) is 0 Å². The highest BCUT2D eigenvalue weighted by atomic mass is 16.2. The van der Waals surface area contributed by atoms with E-state index >= 15 is 0 Å². The Morgan fingerprint density at radius 1 is 0.746 bits per heavy atom. The van der Waals surface area contributed by atoms with E-state index in [1.165, 1.54) is 24.2 Å². The third-order valence-electron chi connectivity index (χ3n) is 11.0. The van der Waals surface area contributed by atoms with Gasteiger partial charge in [-0.2, -0.15) is 0 Å². The Hall–Kier alpha value is -5.01. The fourth-order valence-corrected chi connectivity index (χ4v) is 7.46. The van der Waals surface area contributed by atoms with E-state index in [1.54, 1.807) is 6.92 Å². The van der Waals surface area contributed by atoms with Gasteiger partial charge in [0.05, 0.1) is 6.42 Å². The number of nitrogens with zero attached hydrogens (tertiary/aromatic N) is 2. The summed E-state index contributed by atoms with van der Waals surface area (Å²) < 4.78 is 0. The molecule has 20 nitrogen and oxygen atoms in total. The number of primary amides is 2. The number of hydrogen-bond donors (Lipinski definition) is 10. The summed E-state index contributed by atoms with van der Waals surface area (Å²) in [6.07, 6.45) is 8.02. The van der Waals surface area contributed by atoms with Gasteiger partial charge in [0.2, 0.25) is 47.3 Å². The number of nitrogens with two attached hydrogens (primary N) is 5. The van der Waals surface area contributed by atoms with Crippen LogP contribution in [0, 0.1) is 17.8 Å². The average Bonchev–Trinajstić information content (AvgIpc) is 3.68. The van der Waals surface area contributed by atoms with Crippen LogP contribution in [0.1, 0.15) is 118 Å². The molecule has 1 aliphatic carbocycles. The van der Waals surface area contributed by atoms with Gasteiger partial charge in [-0.05, 0) is 56.3 Å². The Labute approximate surface area is 347 Å². The molecule has 1 heterocycles. The third-order valence-corrected chi connectivity index (χ3v) is 11.0. The smallest absolute Gasteiger partial charge is 0.247 e. The average molecular weight is 835 g/mol. The van der Waals surface area contributed by atoms with Gasteiger partial charge in [0, 0.05) is 26.1 Å². The van der Waals surface area contributed by atoms with Crippen LogP contribution in [0.15, 0.2) is 4.99 Å². The number of nitrogens with one attached hydrogen (secondary N) is 5. The van der Waals surface area contributed by atoms with Gasteiger partial charge in [-0.1, -0.05) is 66.2 Å². The van der Waals surface area contributed by atoms with Gasteiger partial charge in [-0.25, -0.2) is 0 Å². The quantitative estimate of drug-likeness (QED) is 0.0279. The van der Waals surface area contributed by atoms with E-state index in [1.807, 2.05) is 20.8 Å². The summed E-state index contributed by atoms with van der Waals surface area (Å²) in [7, 11) is 0. The number of rotatable bonds is 25. The normalized spacial score (nSPS) is 18.6. The maximum absolute atomic E-state index is 14.0. The number of aliphatic imine (C=N–C) groups is 1. The summed E-state index contributed by atoms with van der Waals surface area (Å²) in [6.45, 7) is 7.45. The van der Waals surface area contributed by atoms with Crippen LogP contribution in [0.3, 0.4) is 0 Å². The molecule has 59 heavy (non-hydrogen) atoms. The summed E-state index contributed by atoms with van der Waals surface area (Å²) in [5.41, 5.74) is 27.4. The van der Waals surface area contributed by atoms with Gasteiger partial charge in [-0.3, -0.25) is 43.3 Å². The van der Waals surface area contributed by atoms with E-state index in [0.29, 0.717) is 31.6 Å². The van der Waals surface area contributed by atoms with Crippen molar-refractivity contribution in [1.82, 2.24) is 31.5 Å². The molecular weight excluding hydrogens is 765 g/mol. The number of hydrogen-bond acceptors (Lipinski definition) is 10. The van der Waals surface area contributed by atoms with Crippen molar-refractivity contribution in [3.63, 3.8) is 0 Å². The molecule has 1 saturated heterocycles. The van der Waals surface area contributed by atoms with E-state index in [-0.39, 0.29) is 62.6 Å². The van der Waals surface area contributed by atoms with Crippen LogP contribution < -0.4 is 55.3 Å². The molecule has 0 spiro atoms. The van der Waals surface area contributed by atoms with E-state index in [0.717, 1.165) is 19.3 Å². The first-order valence-electron chi connectivity index (χ1n) is 21.0. The van der Waals surface area contributed by atoms with Crippen molar-refractivity contribution in [2.24, 2.45) is 51.4 Å². The number of carbonyl (C=O) groups is 8. The second-order valence-electron chi connectivity index (χ2n) is 16.3. The zero-order valence-corrected chi connectivity index (χ0v) is 35.3. The first-order valence-corrected chi connectivity index (χ1v) is 21.0. The third kappa shape index (κ3) is 17.4. The van der Waals surface area contributed by atoms with Gasteiger partial charge in [-0.15, -0.1) is 0 Å². The molecule has 334 valence electrons. The lowest BCUT2D eigenvalue weighted by Gasteiger charge is -2.31. The topological polar surface area (TPSA) is 342 Å². The van der Waals surface area contributed by atoms with E-state index in [2.05, 4.69) is 31.6 Å². The van der Waals surface area contributed by atoms with E-state index < -0.39 is 84.0 Å². The maximum atomic E-state index is 14.0. The highest BCUT2D eigenvalue weighted by molar-refractivity contribution is 5.98. The minimum atomic E-state index is -1.43. The fraction of sp³-hybridized carbons (Fsp3) is 0.769. The zero-order valence-electron chi connectivity index (χ0n) is 35.3. The largest absolute Gasteiger partial charge is 0.370 e. The molecule has 0 aromatic carbocycles. The van der Waals surface area contributed by atoms with Gasteiger partial charge in [0.15, 0.2) is 5.96 Å². The van der Waals surface area contributed by atoms with Gasteiger partial charge in [0.1, 0.15) is 36.3 Å². The maximum Gasteiger partial charge on any atom is 0.247 e. The summed E-state index contributed by atoms with van der Waals surface area (Å²) in [5.74, 6) is -5.41. The lowest BCUT2D eigenvalue weighted by atomic mass is 9.86. The predicted octanol–water partition coefficient (Wildman–Crippen LogP) is -1.77. The SMILES string of the molecule is CC[C@H](C)[C@H](NC(=O)[C@H](CC(C)C)NC(=O)CCC1CCCCC1)C(=O)N[C@@H](CN)C(=O)N1CCC[C@H]1C(=O)N[C@@H](CCCN=C(N)N)C(=O)N[C@@H](CC(N)=O)C(N)=O. The Morgan fingerprint density at radius 2 is 1.39 bits per heavy atom. The van der Waals surface area contributed by atoms with Crippen LogP contribution in [0.5, 0.6) is 0 Å². The summed E-state index contributed by atoms with van der Waals surface area (Å²) in [5, 5.41) is 13.4. The van der Waals surface area contributed by atoms with Crippen molar-refractivity contribution in [1.29, 1.82) is 0 Å². The molecule has 2 aliphatic rings. The monoisotopic (exact) mass is 835 g/mol. The molecule has 0 bridgehead atoms. The first kappa shape index (κ1) is 50.1. The molecule has 0 radical (unpaired) electrons. The number of carbonyl (C=O) groups excluding carboxylic acids is 8. The zero-order chi connectivity index (χ0) is 44.2. The molecule has 1 saturated carbocycles. The van der Waals surface area contributed by atoms with Crippen LogP contribution in [-0.4, -0.2) is 114 Å². The van der Waals surface area contributed by atoms with Gasteiger partial charge in [0.25, 0.3) is 0 Å². The summed E-state index contributed by atoms with van der Waals surface area (Å²) in [6, 6.07) is -6.95. The first-order chi connectivity index (χ1) is 27.9. The summed E-state index contributed by atoms with van der Waals surface area (Å²) >= 11 is 0.